The number of aliphatic hydroxyl groups excluding tert-OH is 2. The second kappa shape index (κ2) is 9.54. The van der Waals surface area contributed by atoms with Crippen LogP contribution >= 0.6 is 0 Å². The van der Waals surface area contributed by atoms with Crippen molar-refractivity contribution in [2.45, 2.75) is 51.2 Å². The predicted molar refractivity (Wildman–Crippen MR) is 121 cm³/mol. The number of ether oxygens (including phenoxy) is 1. The predicted octanol–water partition coefficient (Wildman–Crippen LogP) is 3.14. The van der Waals surface area contributed by atoms with Crippen LogP contribution in [0.4, 0.5) is 0 Å². The van der Waals surface area contributed by atoms with Crippen molar-refractivity contribution in [2.75, 3.05) is 13.2 Å². The summed E-state index contributed by atoms with van der Waals surface area (Å²) in [6.07, 6.45) is 5.23. The van der Waals surface area contributed by atoms with Gasteiger partial charge in [0.25, 0.3) is 5.91 Å². The number of aryl methyl sites for hydroxylation is 1. The molecule has 2 atom stereocenters. The highest BCUT2D eigenvalue weighted by atomic mass is 16.5. The lowest BCUT2D eigenvalue weighted by Crippen LogP contribution is -2.39. The molecule has 0 aliphatic carbocycles. The van der Waals surface area contributed by atoms with E-state index in [1.54, 1.807) is 6.92 Å². The van der Waals surface area contributed by atoms with Crippen LogP contribution in [0.3, 0.4) is 0 Å². The molecule has 1 unspecified atom stereocenters. The van der Waals surface area contributed by atoms with Crippen molar-refractivity contribution in [1.29, 1.82) is 0 Å². The van der Waals surface area contributed by atoms with Gasteiger partial charge in [-0.1, -0.05) is 24.3 Å². The van der Waals surface area contributed by atoms with E-state index in [-0.39, 0.29) is 12.5 Å². The van der Waals surface area contributed by atoms with E-state index < -0.39 is 12.1 Å². The number of hydrogen-bond donors (Lipinski definition) is 4. The molecule has 6 heteroatoms. The first kappa shape index (κ1) is 21.4. The largest absolute Gasteiger partial charge is 0.492 e. The molecule has 6 nitrogen and oxygen atoms in total. The Hall–Kier alpha value is -2.83. The number of benzene rings is 2. The summed E-state index contributed by atoms with van der Waals surface area (Å²) in [4.78, 5) is 16.5. The van der Waals surface area contributed by atoms with Crippen molar-refractivity contribution in [3.63, 3.8) is 0 Å². The molecule has 1 aromatic heterocycles. The quantitative estimate of drug-likeness (QED) is 0.471. The van der Waals surface area contributed by atoms with Crippen LogP contribution in [0.25, 0.3) is 10.9 Å². The Morgan fingerprint density at radius 1 is 1.23 bits per heavy atom. The molecule has 0 spiro atoms. The maximum Gasteiger partial charge on any atom is 0.255 e. The Balaban J connectivity index is 1.58. The van der Waals surface area contributed by atoms with Crippen molar-refractivity contribution in [2.24, 2.45) is 0 Å². The van der Waals surface area contributed by atoms with Gasteiger partial charge in [0.1, 0.15) is 5.75 Å². The van der Waals surface area contributed by atoms with Crippen LogP contribution in [-0.4, -0.2) is 46.5 Å². The minimum atomic E-state index is -0.493. The van der Waals surface area contributed by atoms with Gasteiger partial charge in [-0.25, -0.2) is 0 Å². The zero-order valence-electron chi connectivity index (χ0n) is 17.9. The number of amides is 1. The van der Waals surface area contributed by atoms with Crippen LogP contribution in [0.5, 0.6) is 5.75 Å². The molecule has 3 aromatic rings. The number of carbonyl (C=O) groups excluding carboxylic acids is 1. The average Bonchev–Trinajstić information content (AvgIpc) is 3.00. The molecule has 2 aromatic carbocycles. The van der Waals surface area contributed by atoms with Crippen LogP contribution in [0.15, 0.2) is 42.6 Å². The van der Waals surface area contributed by atoms with Gasteiger partial charge in [0.15, 0.2) is 0 Å². The molecule has 0 fully saturated rings. The van der Waals surface area contributed by atoms with Gasteiger partial charge in [0.2, 0.25) is 0 Å². The lowest BCUT2D eigenvalue weighted by Gasteiger charge is -2.20. The summed E-state index contributed by atoms with van der Waals surface area (Å²) in [5.74, 6) is 0.373. The maximum absolute atomic E-state index is 13.3. The Labute approximate surface area is 182 Å². The smallest absolute Gasteiger partial charge is 0.255 e. The lowest BCUT2D eigenvalue weighted by atomic mass is 9.97. The highest BCUT2D eigenvalue weighted by Gasteiger charge is 2.23. The third kappa shape index (κ3) is 4.92. The number of aliphatic hydroxyl groups is 2. The van der Waals surface area contributed by atoms with E-state index in [9.17, 15) is 15.0 Å². The first-order valence-corrected chi connectivity index (χ1v) is 11.0. The fourth-order valence-electron chi connectivity index (χ4n) is 4.32. The number of rotatable bonds is 7. The first-order valence-electron chi connectivity index (χ1n) is 11.0. The van der Waals surface area contributed by atoms with Crippen molar-refractivity contribution >= 4 is 16.8 Å². The molecule has 4 rings (SSSR count). The normalized spacial score (nSPS) is 15.6. The molecule has 1 amide bonds. The molecule has 164 valence electrons. The van der Waals surface area contributed by atoms with Gasteiger partial charge in [-0.3, -0.25) is 4.79 Å². The second-order valence-corrected chi connectivity index (χ2v) is 8.41. The van der Waals surface area contributed by atoms with E-state index in [0.717, 1.165) is 46.9 Å². The van der Waals surface area contributed by atoms with Crippen LogP contribution in [0.2, 0.25) is 0 Å². The molecule has 0 radical (unpaired) electrons. The minimum absolute atomic E-state index is 0.165. The van der Waals surface area contributed by atoms with Gasteiger partial charge in [-0.05, 0) is 67.9 Å². The molecule has 4 N–H and O–H groups in total. The number of aromatic nitrogens is 1. The Morgan fingerprint density at radius 3 is 2.87 bits per heavy atom. The lowest BCUT2D eigenvalue weighted by molar-refractivity contribution is 0.0912. The highest BCUT2D eigenvalue weighted by molar-refractivity contribution is 5.98. The maximum atomic E-state index is 13.3. The summed E-state index contributed by atoms with van der Waals surface area (Å²) in [6.45, 7) is 2.16. The van der Waals surface area contributed by atoms with E-state index in [0.29, 0.717) is 30.8 Å². The number of aromatic amines is 1. The number of H-pyrrole nitrogens is 1. The number of fused-ring (bicyclic) bond motifs is 2. The number of hydrogen-bond acceptors (Lipinski definition) is 4. The third-order valence-electron chi connectivity index (χ3n) is 5.79. The van der Waals surface area contributed by atoms with E-state index in [1.165, 1.54) is 0 Å². The minimum Gasteiger partial charge on any atom is -0.492 e. The average molecular weight is 423 g/mol. The SMILES string of the molecule is CC(O)Cc1cc2c(c(C(=O)N[C@@H](CO)Cc3c[nH]c4ccccc34)c1)OCCCC2. The molecule has 0 saturated heterocycles. The van der Waals surface area contributed by atoms with E-state index in [4.69, 9.17) is 4.74 Å². The van der Waals surface area contributed by atoms with Gasteiger partial charge in [0, 0.05) is 17.1 Å². The summed E-state index contributed by atoms with van der Waals surface area (Å²) in [5, 5.41) is 23.9. The van der Waals surface area contributed by atoms with E-state index in [2.05, 4.69) is 10.3 Å². The van der Waals surface area contributed by atoms with Crippen LogP contribution in [0, 0.1) is 0 Å². The summed E-state index contributed by atoms with van der Waals surface area (Å²) in [5.41, 5.74) is 4.49. The Bertz CT molecular complexity index is 1060. The molecule has 1 aliphatic heterocycles. The number of para-hydroxylation sites is 1. The molecular formula is C25H30N2O4. The molecular weight excluding hydrogens is 392 g/mol. The zero-order valence-corrected chi connectivity index (χ0v) is 17.9. The third-order valence-corrected chi connectivity index (χ3v) is 5.79. The van der Waals surface area contributed by atoms with Crippen LogP contribution in [0.1, 0.15) is 46.8 Å². The molecule has 31 heavy (non-hydrogen) atoms. The molecule has 0 bridgehead atoms. The van der Waals surface area contributed by atoms with Gasteiger partial charge < -0.3 is 25.3 Å². The van der Waals surface area contributed by atoms with Gasteiger partial charge in [0.05, 0.1) is 30.9 Å². The number of carbonyl (C=O) groups is 1. The van der Waals surface area contributed by atoms with Crippen molar-refractivity contribution in [1.82, 2.24) is 10.3 Å². The second-order valence-electron chi connectivity index (χ2n) is 8.41. The fraction of sp³-hybridized carbons (Fsp3) is 0.400. The first-order chi connectivity index (χ1) is 15.0. The highest BCUT2D eigenvalue weighted by Crippen LogP contribution is 2.31. The topological polar surface area (TPSA) is 94.6 Å². The molecule has 1 aliphatic rings. The summed E-state index contributed by atoms with van der Waals surface area (Å²) < 4.78 is 5.95. The molecule has 0 saturated carbocycles. The summed E-state index contributed by atoms with van der Waals surface area (Å²) in [6, 6.07) is 11.4. The van der Waals surface area contributed by atoms with Gasteiger partial charge in [-0.15, -0.1) is 0 Å². The van der Waals surface area contributed by atoms with E-state index in [1.807, 2.05) is 42.6 Å². The Kier molecular flexibility index (Phi) is 6.59. The van der Waals surface area contributed by atoms with Crippen molar-refractivity contribution in [3.05, 3.63) is 64.8 Å². The van der Waals surface area contributed by atoms with Gasteiger partial charge in [-0.2, -0.15) is 0 Å². The van der Waals surface area contributed by atoms with Crippen LogP contribution in [-0.2, 0) is 19.3 Å². The summed E-state index contributed by atoms with van der Waals surface area (Å²) in [7, 11) is 0. The number of nitrogens with one attached hydrogen (secondary N) is 2. The summed E-state index contributed by atoms with van der Waals surface area (Å²) >= 11 is 0. The van der Waals surface area contributed by atoms with Crippen LogP contribution < -0.4 is 10.1 Å². The molecule has 2 heterocycles. The van der Waals surface area contributed by atoms with E-state index >= 15 is 0 Å². The van der Waals surface area contributed by atoms with Gasteiger partial charge >= 0.3 is 0 Å². The monoisotopic (exact) mass is 422 g/mol. The zero-order chi connectivity index (χ0) is 21.8. The van der Waals surface area contributed by atoms with Crippen molar-refractivity contribution in [3.8, 4) is 5.75 Å². The fourth-order valence-corrected chi connectivity index (χ4v) is 4.32. The Morgan fingerprint density at radius 2 is 2.06 bits per heavy atom. The standard InChI is InChI=1S/C25H30N2O4/c1-16(29)10-17-11-18-6-4-5-9-31-24(18)22(12-17)25(30)27-20(15-28)13-19-14-26-23-8-3-2-7-21(19)23/h2-3,7-8,11-12,14,16,20,26,28-29H,4-6,9-10,13,15H2,1H3,(H,27,30)/t16?,20-/m1/s1. The van der Waals surface area contributed by atoms with Crippen molar-refractivity contribution < 1.29 is 19.7 Å².